The van der Waals surface area contributed by atoms with Crippen LogP contribution in [0.15, 0.2) is 113 Å². The number of halogens is 1. The highest BCUT2D eigenvalue weighted by Gasteiger charge is 2.45. The number of dihydropyridines is 1. The number of hydrogen-bond donors (Lipinski definition) is 4. The maximum atomic E-state index is 13.5. The Morgan fingerprint density at radius 3 is 2.56 bits per heavy atom. The van der Waals surface area contributed by atoms with E-state index in [0.717, 1.165) is 79.2 Å². The monoisotopic (exact) mass is 791 g/mol. The van der Waals surface area contributed by atoms with E-state index >= 15 is 0 Å². The van der Waals surface area contributed by atoms with E-state index in [1.165, 1.54) is 22.8 Å². The van der Waals surface area contributed by atoms with Crippen molar-refractivity contribution in [3.63, 3.8) is 0 Å². The van der Waals surface area contributed by atoms with Crippen LogP contribution in [-0.4, -0.2) is 90.6 Å². The summed E-state index contributed by atoms with van der Waals surface area (Å²) >= 11 is 0. The summed E-state index contributed by atoms with van der Waals surface area (Å²) in [4.78, 5) is 56.6. The molecule has 4 N–H and O–H groups in total. The molecule has 5 aliphatic heterocycles. The number of alkyl halides is 1. The van der Waals surface area contributed by atoms with Crippen LogP contribution in [0.25, 0.3) is 22.0 Å². The summed E-state index contributed by atoms with van der Waals surface area (Å²) in [5, 5.41) is 14.1. The lowest BCUT2D eigenvalue weighted by Gasteiger charge is -2.54. The highest BCUT2D eigenvalue weighted by atomic mass is 19.1. The number of carbonyl (C=O) groups excluding carboxylic acids is 3. The van der Waals surface area contributed by atoms with Gasteiger partial charge in [-0.25, -0.2) is 4.39 Å². The third kappa shape index (κ3) is 7.17. The zero-order valence-corrected chi connectivity index (χ0v) is 32.9. The molecular weight excluding hydrogens is 746 g/mol. The van der Waals surface area contributed by atoms with Crippen molar-refractivity contribution in [3.05, 3.63) is 114 Å². The van der Waals surface area contributed by atoms with E-state index in [0.29, 0.717) is 41.8 Å². The maximum Gasteiger partial charge on any atom is 0.251 e. The third-order valence-corrected chi connectivity index (χ3v) is 12.8. The molecule has 10 rings (SSSR count). The largest absolute Gasteiger partial charge is 0.386 e. The number of anilines is 2. The second-order valence-corrected chi connectivity index (χ2v) is 16.8. The number of pyridine rings is 1. The van der Waals surface area contributed by atoms with Gasteiger partial charge in [-0.2, -0.15) is 0 Å². The molecule has 59 heavy (non-hydrogen) atoms. The molecule has 4 aromatic rings. The minimum Gasteiger partial charge on any atom is -0.386 e. The minimum atomic E-state index is -0.987. The van der Waals surface area contributed by atoms with Crippen molar-refractivity contribution in [2.24, 2.45) is 15.4 Å². The molecule has 13 heteroatoms. The quantitative estimate of drug-likeness (QED) is 0.166. The number of imide groups is 1. The molecule has 6 heterocycles. The molecule has 1 saturated carbocycles. The standard InChI is InChI=1S/C46H46FN9O3/c1-48-38-21-40(53-42-34(23-50-43(38)42)45(59)52-37-20-35(37)47)51-29-6-2-5-28(19-29)36-13-11-27(22-49-36)24-55-25-46(26-55)15-17-56(18-16-46)39-10-4-8-30-31(7-3-9-32(30)39)33-12-14-41(57)54-44(33)58/h2-11,13,19,21-23,33,35,37,42,48H,12,14-18,20,24-26H2,1H3,(H,51,53)(H,52,59)(H,54,57,58)/t33?,35-,37+,42?/m0/s1. The van der Waals surface area contributed by atoms with Crippen LogP contribution in [-0.2, 0) is 20.9 Å². The number of rotatable bonds is 9. The number of amides is 3. The molecule has 0 radical (unpaired) electrons. The molecule has 3 amide bonds. The molecule has 3 saturated heterocycles. The average molecular weight is 792 g/mol. The van der Waals surface area contributed by atoms with Crippen molar-refractivity contribution in [3.8, 4) is 11.3 Å². The van der Waals surface area contributed by atoms with Crippen molar-refractivity contribution in [1.82, 2.24) is 25.8 Å². The summed E-state index contributed by atoms with van der Waals surface area (Å²) in [5.74, 6) is -0.447. The fourth-order valence-corrected chi connectivity index (χ4v) is 9.47. The first-order valence-corrected chi connectivity index (χ1v) is 20.6. The molecular formula is C46H46FN9O3. The molecule has 3 aromatic carbocycles. The molecule has 0 bridgehead atoms. The van der Waals surface area contributed by atoms with Crippen LogP contribution < -0.4 is 26.2 Å². The van der Waals surface area contributed by atoms with Gasteiger partial charge in [0.05, 0.1) is 34.6 Å². The second kappa shape index (κ2) is 14.9. The summed E-state index contributed by atoms with van der Waals surface area (Å²) in [6, 6.07) is 23.9. The van der Waals surface area contributed by atoms with Gasteiger partial charge in [0.25, 0.3) is 5.91 Å². The highest BCUT2D eigenvalue weighted by molar-refractivity contribution is 6.21. The second-order valence-electron chi connectivity index (χ2n) is 16.8. The first-order chi connectivity index (χ1) is 28.7. The molecule has 4 atom stereocenters. The SMILES string of the molecule is CNC1=CC(Nc2cccc(-c3ccc(CN4CC5(CCN(c6cccc7c(C8CCC(=O)NC8=O)cccc67)CC5)C4)cn3)c2)=NC2C(C(=O)N[C@@H]3C[C@@H]3F)=CN=C12. The molecule has 300 valence electrons. The number of amidine groups is 1. The highest BCUT2D eigenvalue weighted by Crippen LogP contribution is 2.44. The van der Waals surface area contributed by atoms with E-state index in [4.69, 9.17) is 9.98 Å². The Hall–Kier alpha value is -6.21. The van der Waals surface area contributed by atoms with Crippen LogP contribution in [0.3, 0.4) is 0 Å². The number of piperidine rings is 2. The summed E-state index contributed by atoms with van der Waals surface area (Å²) < 4.78 is 13.5. The number of nitrogens with one attached hydrogen (secondary N) is 4. The first kappa shape index (κ1) is 37.1. The number of hydrogen-bond acceptors (Lipinski definition) is 10. The zero-order valence-electron chi connectivity index (χ0n) is 32.9. The van der Waals surface area contributed by atoms with Gasteiger partial charge in [0.1, 0.15) is 18.0 Å². The summed E-state index contributed by atoms with van der Waals surface area (Å²) in [7, 11) is 1.81. The Balaban J connectivity index is 0.745. The van der Waals surface area contributed by atoms with E-state index in [2.05, 4.69) is 72.5 Å². The minimum absolute atomic E-state index is 0.189. The van der Waals surface area contributed by atoms with Crippen molar-refractivity contribution in [2.45, 2.75) is 62.8 Å². The fourth-order valence-electron chi connectivity index (χ4n) is 9.47. The number of aromatic nitrogens is 1. The van der Waals surface area contributed by atoms with Gasteiger partial charge in [0, 0.05) is 93.4 Å². The van der Waals surface area contributed by atoms with Gasteiger partial charge in [-0.3, -0.25) is 39.6 Å². The normalized spacial score (nSPS) is 24.6. The molecule has 1 spiro atoms. The first-order valence-electron chi connectivity index (χ1n) is 20.6. The Morgan fingerprint density at radius 2 is 1.80 bits per heavy atom. The lowest BCUT2D eigenvalue weighted by Crippen LogP contribution is -2.59. The smallest absolute Gasteiger partial charge is 0.251 e. The van der Waals surface area contributed by atoms with Gasteiger partial charge < -0.3 is 20.9 Å². The molecule has 6 aliphatic rings. The van der Waals surface area contributed by atoms with Crippen LogP contribution in [0, 0.1) is 5.41 Å². The molecule has 1 aromatic heterocycles. The van der Waals surface area contributed by atoms with Crippen molar-refractivity contribution in [2.75, 3.05) is 43.4 Å². The fraction of sp³-hybridized carbons (Fsp3) is 0.348. The number of fused-ring (bicyclic) bond motifs is 2. The van der Waals surface area contributed by atoms with Crippen LogP contribution >= 0.6 is 0 Å². The van der Waals surface area contributed by atoms with Gasteiger partial charge in [-0.15, -0.1) is 0 Å². The van der Waals surface area contributed by atoms with Crippen molar-refractivity contribution < 1.29 is 18.8 Å². The lowest BCUT2D eigenvalue weighted by molar-refractivity contribution is -0.134. The molecule has 4 fully saturated rings. The lowest BCUT2D eigenvalue weighted by atomic mass is 9.71. The Morgan fingerprint density at radius 1 is 1.00 bits per heavy atom. The predicted molar refractivity (Wildman–Crippen MR) is 227 cm³/mol. The van der Waals surface area contributed by atoms with Gasteiger partial charge in [-0.1, -0.05) is 48.5 Å². The number of carbonyl (C=O) groups is 3. The predicted octanol–water partition coefficient (Wildman–Crippen LogP) is 5.39. The van der Waals surface area contributed by atoms with Crippen LogP contribution in [0.5, 0.6) is 0 Å². The third-order valence-electron chi connectivity index (χ3n) is 12.8. The van der Waals surface area contributed by atoms with Crippen LogP contribution in [0.4, 0.5) is 15.8 Å². The van der Waals surface area contributed by atoms with Gasteiger partial charge in [0.15, 0.2) is 0 Å². The summed E-state index contributed by atoms with van der Waals surface area (Å²) in [6.07, 6.45) is 7.92. The summed E-state index contributed by atoms with van der Waals surface area (Å²) in [6.45, 7) is 5.01. The van der Waals surface area contributed by atoms with Crippen molar-refractivity contribution >= 4 is 51.4 Å². The van der Waals surface area contributed by atoms with Gasteiger partial charge in [-0.05, 0) is 65.5 Å². The van der Waals surface area contributed by atoms with E-state index < -0.39 is 18.3 Å². The number of benzene rings is 3. The number of likely N-dealkylation sites (tertiary alicyclic amines) is 1. The Bertz CT molecular complexity index is 2500. The molecule has 1 aliphatic carbocycles. The topological polar surface area (TPSA) is 143 Å². The van der Waals surface area contributed by atoms with Crippen LogP contribution in [0.1, 0.15) is 49.1 Å². The number of aliphatic imine (C=N–C) groups is 2. The molecule has 2 unspecified atom stereocenters. The van der Waals surface area contributed by atoms with E-state index in [1.54, 1.807) is 0 Å². The number of nitrogens with zero attached hydrogens (tertiary/aromatic N) is 5. The van der Waals surface area contributed by atoms with Crippen molar-refractivity contribution in [1.29, 1.82) is 0 Å². The van der Waals surface area contributed by atoms with E-state index in [-0.39, 0.29) is 23.6 Å². The zero-order chi connectivity index (χ0) is 40.3. The van der Waals surface area contributed by atoms with E-state index in [1.807, 2.05) is 55.7 Å². The van der Waals surface area contributed by atoms with Crippen LogP contribution in [0.2, 0.25) is 0 Å². The average Bonchev–Trinajstić information content (AvgIpc) is 3.75. The van der Waals surface area contributed by atoms with E-state index in [9.17, 15) is 18.8 Å². The summed E-state index contributed by atoms with van der Waals surface area (Å²) in [5.41, 5.74) is 8.23. The molecule has 12 nitrogen and oxygen atoms in total. The maximum absolute atomic E-state index is 13.5. The van der Waals surface area contributed by atoms with Gasteiger partial charge in [0.2, 0.25) is 11.8 Å². The Labute approximate surface area is 341 Å². The van der Waals surface area contributed by atoms with Gasteiger partial charge >= 0.3 is 0 Å². The Kier molecular flexibility index (Phi) is 9.35.